The van der Waals surface area contributed by atoms with E-state index < -0.39 is 0 Å². The number of benzene rings is 1. The summed E-state index contributed by atoms with van der Waals surface area (Å²) in [4.78, 5) is 14.1. The van der Waals surface area contributed by atoms with Crippen LogP contribution < -0.4 is 4.74 Å². The topological polar surface area (TPSA) is 51.9 Å². The molecule has 0 aliphatic rings. The van der Waals surface area contributed by atoms with Crippen molar-refractivity contribution in [2.24, 2.45) is 0 Å². The Balaban J connectivity index is 2.12. The Labute approximate surface area is 146 Å². The lowest BCUT2D eigenvalue weighted by molar-refractivity contribution is -0.127. The molecule has 1 heterocycles. The first-order valence-corrected chi connectivity index (χ1v) is 7.83. The van der Waals surface area contributed by atoms with Gasteiger partial charge in [-0.25, -0.2) is 0 Å². The SMILES string of the molecule is COCCN(Cc1ccco1)C(=O)C=Cc1cc(Cl)ccc1OC. The Bertz CT molecular complexity index is 682. The Hall–Kier alpha value is -2.24. The summed E-state index contributed by atoms with van der Waals surface area (Å²) in [5.74, 6) is 1.22. The van der Waals surface area contributed by atoms with Gasteiger partial charge in [0.05, 0.1) is 26.5 Å². The van der Waals surface area contributed by atoms with Crippen LogP contribution in [0.1, 0.15) is 11.3 Å². The average molecular weight is 350 g/mol. The maximum absolute atomic E-state index is 12.5. The van der Waals surface area contributed by atoms with E-state index in [1.165, 1.54) is 6.08 Å². The molecule has 0 spiro atoms. The standard InChI is InChI=1S/C18H20ClNO4/c1-22-11-9-20(13-16-4-3-10-24-16)18(21)8-5-14-12-15(19)6-7-17(14)23-2/h3-8,10,12H,9,11,13H2,1-2H3. The van der Waals surface area contributed by atoms with Crippen LogP contribution in [0.5, 0.6) is 5.75 Å². The smallest absolute Gasteiger partial charge is 0.247 e. The number of carbonyl (C=O) groups is 1. The molecule has 0 radical (unpaired) electrons. The highest BCUT2D eigenvalue weighted by Crippen LogP contribution is 2.23. The third-order valence-corrected chi connectivity index (χ3v) is 3.64. The quantitative estimate of drug-likeness (QED) is 0.683. The number of carbonyl (C=O) groups excluding carboxylic acids is 1. The molecule has 128 valence electrons. The van der Waals surface area contributed by atoms with Gasteiger partial charge in [0.2, 0.25) is 5.91 Å². The lowest BCUT2D eigenvalue weighted by Crippen LogP contribution is -2.31. The Morgan fingerprint density at radius 2 is 2.17 bits per heavy atom. The average Bonchev–Trinajstić information content (AvgIpc) is 3.09. The van der Waals surface area contributed by atoms with E-state index >= 15 is 0 Å². The molecule has 0 aliphatic carbocycles. The van der Waals surface area contributed by atoms with Crippen LogP contribution in [0.3, 0.4) is 0 Å². The fourth-order valence-electron chi connectivity index (χ4n) is 2.16. The van der Waals surface area contributed by atoms with Crippen molar-refractivity contribution in [2.45, 2.75) is 6.54 Å². The number of nitrogens with zero attached hydrogens (tertiary/aromatic N) is 1. The first-order valence-electron chi connectivity index (χ1n) is 7.46. The predicted molar refractivity (Wildman–Crippen MR) is 93.0 cm³/mol. The molecule has 0 bridgehead atoms. The van der Waals surface area contributed by atoms with Crippen molar-refractivity contribution in [1.82, 2.24) is 4.90 Å². The number of hydrogen-bond acceptors (Lipinski definition) is 4. The zero-order valence-corrected chi connectivity index (χ0v) is 14.5. The van der Waals surface area contributed by atoms with Gasteiger partial charge < -0.3 is 18.8 Å². The van der Waals surface area contributed by atoms with E-state index in [4.69, 9.17) is 25.5 Å². The second-order valence-electron chi connectivity index (χ2n) is 5.05. The van der Waals surface area contributed by atoms with Gasteiger partial charge in [0, 0.05) is 30.3 Å². The van der Waals surface area contributed by atoms with Crippen molar-refractivity contribution in [3.63, 3.8) is 0 Å². The summed E-state index contributed by atoms with van der Waals surface area (Å²) in [6, 6.07) is 8.87. The van der Waals surface area contributed by atoms with Gasteiger partial charge in [-0.05, 0) is 36.4 Å². The maximum atomic E-state index is 12.5. The fourth-order valence-corrected chi connectivity index (χ4v) is 2.34. The molecule has 0 aliphatic heterocycles. The molecule has 2 rings (SSSR count). The minimum Gasteiger partial charge on any atom is -0.496 e. The monoisotopic (exact) mass is 349 g/mol. The second kappa shape index (κ2) is 9.15. The number of methoxy groups -OCH3 is 2. The summed E-state index contributed by atoms with van der Waals surface area (Å²) in [5.41, 5.74) is 0.739. The highest BCUT2D eigenvalue weighted by molar-refractivity contribution is 6.30. The van der Waals surface area contributed by atoms with Crippen LogP contribution in [0, 0.1) is 0 Å². The number of ether oxygens (including phenoxy) is 2. The summed E-state index contributed by atoms with van der Waals surface area (Å²) in [5, 5.41) is 0.578. The van der Waals surface area contributed by atoms with Crippen LogP contribution in [0.4, 0.5) is 0 Å². The van der Waals surface area contributed by atoms with Gasteiger partial charge in [0.15, 0.2) is 0 Å². The third-order valence-electron chi connectivity index (χ3n) is 3.40. The molecule has 2 aromatic rings. The number of hydrogen-bond donors (Lipinski definition) is 0. The van der Waals surface area contributed by atoms with Crippen molar-refractivity contribution in [1.29, 1.82) is 0 Å². The largest absolute Gasteiger partial charge is 0.496 e. The molecular weight excluding hydrogens is 330 g/mol. The zero-order valence-electron chi connectivity index (χ0n) is 13.7. The van der Waals surface area contributed by atoms with Gasteiger partial charge >= 0.3 is 0 Å². The predicted octanol–water partition coefficient (Wildman–Crippen LogP) is 3.63. The molecule has 1 aromatic carbocycles. The molecule has 6 heteroatoms. The Morgan fingerprint density at radius 1 is 1.33 bits per heavy atom. The van der Waals surface area contributed by atoms with E-state index in [0.717, 1.165) is 5.56 Å². The van der Waals surface area contributed by atoms with Gasteiger partial charge in [0.1, 0.15) is 11.5 Å². The Morgan fingerprint density at radius 3 is 2.83 bits per heavy atom. The van der Waals surface area contributed by atoms with Gasteiger partial charge in [-0.15, -0.1) is 0 Å². The minimum absolute atomic E-state index is 0.148. The molecule has 0 N–H and O–H groups in total. The van der Waals surface area contributed by atoms with E-state index in [0.29, 0.717) is 36.2 Å². The van der Waals surface area contributed by atoms with Crippen LogP contribution >= 0.6 is 11.6 Å². The summed E-state index contributed by atoms with van der Waals surface area (Å²) in [6.45, 7) is 1.29. The van der Waals surface area contributed by atoms with Crippen LogP contribution in [-0.4, -0.2) is 38.2 Å². The number of rotatable bonds is 8. The Kier molecular flexibility index (Phi) is 6.90. The lowest BCUT2D eigenvalue weighted by Gasteiger charge is -2.19. The van der Waals surface area contributed by atoms with E-state index in [9.17, 15) is 4.79 Å². The van der Waals surface area contributed by atoms with Gasteiger partial charge in [-0.1, -0.05) is 11.6 Å². The van der Waals surface area contributed by atoms with Crippen LogP contribution in [0.2, 0.25) is 5.02 Å². The van der Waals surface area contributed by atoms with Crippen molar-refractivity contribution >= 4 is 23.6 Å². The number of amides is 1. The zero-order chi connectivity index (χ0) is 17.4. The fraction of sp³-hybridized carbons (Fsp3) is 0.278. The van der Waals surface area contributed by atoms with Gasteiger partial charge in [-0.3, -0.25) is 4.79 Å². The van der Waals surface area contributed by atoms with Crippen molar-refractivity contribution in [2.75, 3.05) is 27.4 Å². The highest BCUT2D eigenvalue weighted by Gasteiger charge is 2.13. The molecule has 1 aromatic heterocycles. The molecule has 0 fully saturated rings. The van der Waals surface area contributed by atoms with Crippen molar-refractivity contribution < 1.29 is 18.7 Å². The van der Waals surface area contributed by atoms with Gasteiger partial charge in [0.25, 0.3) is 0 Å². The second-order valence-corrected chi connectivity index (χ2v) is 5.49. The minimum atomic E-state index is -0.148. The van der Waals surface area contributed by atoms with E-state index in [1.54, 1.807) is 55.7 Å². The number of furan rings is 1. The summed E-state index contributed by atoms with van der Waals surface area (Å²) >= 11 is 6.00. The van der Waals surface area contributed by atoms with E-state index in [-0.39, 0.29) is 5.91 Å². The summed E-state index contributed by atoms with van der Waals surface area (Å²) in [6.07, 6.45) is 4.77. The third kappa shape index (κ3) is 5.15. The van der Waals surface area contributed by atoms with Crippen LogP contribution in [0.15, 0.2) is 47.1 Å². The molecule has 0 saturated heterocycles. The molecule has 0 atom stereocenters. The summed E-state index contributed by atoms with van der Waals surface area (Å²) < 4.78 is 15.7. The summed E-state index contributed by atoms with van der Waals surface area (Å²) in [7, 11) is 3.17. The van der Waals surface area contributed by atoms with Gasteiger partial charge in [-0.2, -0.15) is 0 Å². The van der Waals surface area contributed by atoms with E-state index in [2.05, 4.69) is 0 Å². The van der Waals surface area contributed by atoms with E-state index in [1.807, 2.05) is 6.07 Å². The molecule has 0 saturated carbocycles. The molecule has 1 amide bonds. The molecule has 5 nitrogen and oxygen atoms in total. The molecule has 24 heavy (non-hydrogen) atoms. The van der Waals surface area contributed by atoms with Crippen molar-refractivity contribution in [3.8, 4) is 5.75 Å². The van der Waals surface area contributed by atoms with Crippen molar-refractivity contribution in [3.05, 3.63) is 59.0 Å². The molecular formula is C18H20ClNO4. The molecule has 0 unspecified atom stereocenters. The number of halogens is 1. The maximum Gasteiger partial charge on any atom is 0.247 e. The first kappa shape index (κ1) is 18.1. The normalized spacial score (nSPS) is 11.0. The lowest BCUT2D eigenvalue weighted by atomic mass is 10.2. The first-order chi connectivity index (χ1) is 11.6. The van der Waals surface area contributed by atoms with Crippen LogP contribution in [-0.2, 0) is 16.1 Å². The highest BCUT2D eigenvalue weighted by atomic mass is 35.5. The van der Waals surface area contributed by atoms with Crippen LogP contribution in [0.25, 0.3) is 6.08 Å².